The molecule has 1 rings (SSSR count). The van der Waals surface area contributed by atoms with Crippen molar-refractivity contribution in [3.05, 3.63) is 47.8 Å². The first kappa shape index (κ1) is 9.93. The van der Waals surface area contributed by atoms with E-state index in [1.165, 1.54) is 12.1 Å². The summed E-state index contributed by atoms with van der Waals surface area (Å²) in [6.07, 6.45) is 3.81. The van der Waals surface area contributed by atoms with Crippen LogP contribution in [0.25, 0.3) is 0 Å². The lowest BCUT2D eigenvalue weighted by atomic mass is 10.1. The van der Waals surface area contributed by atoms with Crippen LogP contribution in [0.4, 0.5) is 4.39 Å². The van der Waals surface area contributed by atoms with Gasteiger partial charge in [0.05, 0.1) is 6.10 Å². The standard InChI is InChI=1S/C11H13FO/c1-2-3-4-11(13)9-5-7-10(12)8-6-9/h2-3,5-8,11,13H,4H2,1H3/b3-2-/t11-/m1/s1. The highest BCUT2D eigenvalue weighted by molar-refractivity contribution is 5.18. The second kappa shape index (κ2) is 4.77. The van der Waals surface area contributed by atoms with Crippen LogP contribution in [0.2, 0.25) is 0 Å². The van der Waals surface area contributed by atoms with Gasteiger partial charge in [-0.15, -0.1) is 0 Å². The van der Waals surface area contributed by atoms with E-state index in [-0.39, 0.29) is 5.82 Å². The van der Waals surface area contributed by atoms with Crippen LogP contribution < -0.4 is 0 Å². The molecule has 0 saturated heterocycles. The second-order valence-electron chi connectivity index (χ2n) is 2.87. The highest BCUT2D eigenvalue weighted by Crippen LogP contribution is 2.16. The molecule has 0 saturated carbocycles. The van der Waals surface area contributed by atoms with E-state index in [1.807, 2.05) is 19.1 Å². The maximum absolute atomic E-state index is 12.5. The molecule has 0 bridgehead atoms. The predicted molar refractivity (Wildman–Crippen MR) is 50.8 cm³/mol. The maximum atomic E-state index is 12.5. The normalized spacial score (nSPS) is 13.5. The molecule has 1 aromatic rings. The summed E-state index contributed by atoms with van der Waals surface area (Å²) in [4.78, 5) is 0. The zero-order chi connectivity index (χ0) is 9.68. The van der Waals surface area contributed by atoms with Crippen molar-refractivity contribution < 1.29 is 9.50 Å². The van der Waals surface area contributed by atoms with E-state index >= 15 is 0 Å². The number of halogens is 1. The lowest BCUT2D eigenvalue weighted by Gasteiger charge is -2.07. The van der Waals surface area contributed by atoms with Crippen molar-refractivity contribution in [3.63, 3.8) is 0 Å². The van der Waals surface area contributed by atoms with E-state index in [0.717, 1.165) is 5.56 Å². The summed E-state index contributed by atoms with van der Waals surface area (Å²) in [7, 11) is 0. The Morgan fingerprint density at radius 3 is 2.54 bits per heavy atom. The summed E-state index contributed by atoms with van der Waals surface area (Å²) in [5, 5.41) is 9.57. The highest BCUT2D eigenvalue weighted by Gasteiger charge is 2.04. The van der Waals surface area contributed by atoms with Gasteiger partial charge >= 0.3 is 0 Å². The number of rotatable bonds is 3. The quantitative estimate of drug-likeness (QED) is 0.709. The van der Waals surface area contributed by atoms with Crippen LogP contribution in [0.3, 0.4) is 0 Å². The monoisotopic (exact) mass is 180 g/mol. The summed E-state index contributed by atoms with van der Waals surface area (Å²) in [6.45, 7) is 1.90. The van der Waals surface area contributed by atoms with Crippen molar-refractivity contribution >= 4 is 0 Å². The van der Waals surface area contributed by atoms with E-state index < -0.39 is 6.10 Å². The Balaban J connectivity index is 2.66. The van der Waals surface area contributed by atoms with E-state index in [4.69, 9.17) is 0 Å². The highest BCUT2D eigenvalue weighted by atomic mass is 19.1. The number of aliphatic hydroxyl groups excluding tert-OH is 1. The maximum Gasteiger partial charge on any atom is 0.123 e. The lowest BCUT2D eigenvalue weighted by molar-refractivity contribution is 0.181. The Bertz CT molecular complexity index is 277. The molecule has 0 amide bonds. The third-order valence-corrected chi connectivity index (χ3v) is 1.85. The van der Waals surface area contributed by atoms with Crippen molar-refractivity contribution in [1.29, 1.82) is 0 Å². The van der Waals surface area contributed by atoms with Crippen LogP contribution >= 0.6 is 0 Å². The molecular weight excluding hydrogens is 167 g/mol. The lowest BCUT2D eigenvalue weighted by Crippen LogP contribution is -1.95. The van der Waals surface area contributed by atoms with E-state index in [9.17, 15) is 9.50 Å². The Labute approximate surface area is 77.5 Å². The van der Waals surface area contributed by atoms with Gasteiger partial charge in [0.25, 0.3) is 0 Å². The largest absolute Gasteiger partial charge is 0.388 e. The Morgan fingerprint density at radius 2 is 2.00 bits per heavy atom. The van der Waals surface area contributed by atoms with Gasteiger partial charge in [0.15, 0.2) is 0 Å². The summed E-state index contributed by atoms with van der Waals surface area (Å²) in [5.41, 5.74) is 0.750. The molecule has 0 aliphatic heterocycles. The fourth-order valence-electron chi connectivity index (χ4n) is 1.09. The van der Waals surface area contributed by atoms with E-state index in [2.05, 4.69) is 0 Å². The number of allylic oxidation sites excluding steroid dienone is 1. The molecule has 0 unspecified atom stereocenters. The smallest absolute Gasteiger partial charge is 0.123 e. The molecule has 1 nitrogen and oxygen atoms in total. The Hall–Kier alpha value is -1.15. The molecule has 0 heterocycles. The summed E-state index contributed by atoms with van der Waals surface area (Å²) >= 11 is 0. The third kappa shape index (κ3) is 2.99. The first-order valence-electron chi connectivity index (χ1n) is 4.28. The van der Waals surface area contributed by atoms with Gasteiger partial charge in [-0.05, 0) is 31.0 Å². The summed E-state index contributed by atoms with van der Waals surface area (Å²) < 4.78 is 12.5. The molecule has 2 heteroatoms. The third-order valence-electron chi connectivity index (χ3n) is 1.85. The molecule has 0 aliphatic rings. The Morgan fingerprint density at radius 1 is 1.38 bits per heavy atom. The van der Waals surface area contributed by atoms with E-state index in [1.54, 1.807) is 12.1 Å². The van der Waals surface area contributed by atoms with Crippen molar-refractivity contribution in [2.24, 2.45) is 0 Å². The topological polar surface area (TPSA) is 20.2 Å². The van der Waals surface area contributed by atoms with Crippen molar-refractivity contribution in [1.82, 2.24) is 0 Å². The number of aliphatic hydroxyl groups is 1. The van der Waals surface area contributed by atoms with Gasteiger partial charge in [0.1, 0.15) is 5.82 Å². The molecular formula is C11H13FO. The predicted octanol–water partition coefficient (Wildman–Crippen LogP) is 2.83. The molecule has 0 radical (unpaired) electrons. The van der Waals surface area contributed by atoms with Gasteiger partial charge < -0.3 is 5.11 Å². The fraction of sp³-hybridized carbons (Fsp3) is 0.273. The van der Waals surface area contributed by atoms with Gasteiger partial charge in [-0.3, -0.25) is 0 Å². The SMILES string of the molecule is C/C=C\C[C@@H](O)c1ccc(F)cc1. The fourth-order valence-corrected chi connectivity index (χ4v) is 1.09. The van der Waals surface area contributed by atoms with Crippen LogP contribution in [-0.4, -0.2) is 5.11 Å². The van der Waals surface area contributed by atoms with Crippen molar-refractivity contribution in [2.75, 3.05) is 0 Å². The van der Waals surface area contributed by atoms with Crippen LogP contribution in [0.5, 0.6) is 0 Å². The Kier molecular flexibility index (Phi) is 3.65. The molecule has 0 aliphatic carbocycles. The van der Waals surface area contributed by atoms with E-state index in [0.29, 0.717) is 6.42 Å². The van der Waals surface area contributed by atoms with Gasteiger partial charge in [-0.1, -0.05) is 24.3 Å². The van der Waals surface area contributed by atoms with Gasteiger partial charge in [0, 0.05) is 0 Å². The molecule has 1 N–H and O–H groups in total. The van der Waals surface area contributed by atoms with Crippen LogP contribution in [-0.2, 0) is 0 Å². The minimum Gasteiger partial charge on any atom is -0.388 e. The van der Waals surface area contributed by atoms with Crippen LogP contribution in [0, 0.1) is 5.82 Å². The number of benzene rings is 1. The average molecular weight is 180 g/mol. The van der Waals surface area contributed by atoms with Crippen molar-refractivity contribution in [2.45, 2.75) is 19.4 Å². The second-order valence-corrected chi connectivity index (χ2v) is 2.87. The van der Waals surface area contributed by atoms with Crippen LogP contribution in [0.15, 0.2) is 36.4 Å². The van der Waals surface area contributed by atoms with Gasteiger partial charge in [-0.25, -0.2) is 4.39 Å². The minimum atomic E-state index is -0.531. The first-order valence-corrected chi connectivity index (χ1v) is 4.28. The molecule has 13 heavy (non-hydrogen) atoms. The van der Waals surface area contributed by atoms with Gasteiger partial charge in [0.2, 0.25) is 0 Å². The minimum absolute atomic E-state index is 0.276. The van der Waals surface area contributed by atoms with Crippen molar-refractivity contribution in [3.8, 4) is 0 Å². The summed E-state index contributed by atoms with van der Waals surface area (Å²) in [6, 6.07) is 5.91. The molecule has 70 valence electrons. The number of hydrogen-bond donors (Lipinski definition) is 1. The zero-order valence-electron chi connectivity index (χ0n) is 7.57. The number of hydrogen-bond acceptors (Lipinski definition) is 1. The average Bonchev–Trinajstić information content (AvgIpc) is 2.15. The molecule has 1 atom stereocenters. The molecule has 0 fully saturated rings. The molecule has 0 spiro atoms. The van der Waals surface area contributed by atoms with Crippen LogP contribution in [0.1, 0.15) is 25.0 Å². The molecule has 1 aromatic carbocycles. The molecule has 0 aromatic heterocycles. The van der Waals surface area contributed by atoms with Gasteiger partial charge in [-0.2, -0.15) is 0 Å². The first-order chi connectivity index (χ1) is 6.24. The zero-order valence-corrected chi connectivity index (χ0v) is 7.57. The summed E-state index contributed by atoms with van der Waals surface area (Å²) in [5.74, 6) is -0.276.